The van der Waals surface area contributed by atoms with Gasteiger partial charge >= 0.3 is 17.9 Å². The topological polar surface area (TPSA) is 78.9 Å². The highest BCUT2D eigenvalue weighted by atomic mass is 16.6. The molecule has 0 saturated heterocycles. The van der Waals surface area contributed by atoms with Crippen LogP contribution in [0, 0.1) is 0 Å². The predicted octanol–water partition coefficient (Wildman–Crippen LogP) is 19.9. The Morgan fingerprint density at radius 1 is 0.296 bits per heavy atom. The van der Waals surface area contributed by atoms with Crippen molar-refractivity contribution >= 4 is 17.9 Å². The molecule has 0 amide bonds. The third-order valence-electron chi connectivity index (χ3n) is 12.3. The van der Waals surface area contributed by atoms with Crippen LogP contribution in [0.25, 0.3) is 0 Å². The van der Waals surface area contributed by atoms with Crippen molar-refractivity contribution in [2.24, 2.45) is 0 Å². The van der Waals surface area contributed by atoms with Crippen molar-refractivity contribution in [2.75, 3.05) is 13.2 Å². The third-order valence-corrected chi connectivity index (χ3v) is 12.3. The van der Waals surface area contributed by atoms with Crippen LogP contribution in [0.1, 0.15) is 265 Å². The second-order valence-corrected chi connectivity index (χ2v) is 19.1. The first-order valence-corrected chi connectivity index (χ1v) is 29.4. The zero-order valence-electron chi connectivity index (χ0n) is 46.2. The second-order valence-electron chi connectivity index (χ2n) is 19.1. The molecule has 0 aliphatic carbocycles. The number of unbranched alkanes of at least 4 members (excludes halogenated alkanes) is 23. The minimum absolute atomic E-state index is 0.101. The van der Waals surface area contributed by atoms with Crippen molar-refractivity contribution in [3.8, 4) is 0 Å². The lowest BCUT2D eigenvalue weighted by atomic mass is 10.0. The maximum Gasteiger partial charge on any atom is 0.306 e. The SMILES string of the molecule is CC/C=C\C/C=C\C/C=C\C/C=C\C/C=C\CCCCCC(=O)OC[C@H](COC(=O)CCCCCC/C=C\C/C=C\C/C=C\C/C=C\CC)OC(=O)CCCCCCCCCCCCCCCCCCC. The van der Waals surface area contributed by atoms with Crippen LogP contribution in [0.15, 0.2) is 109 Å². The Morgan fingerprint density at radius 3 is 0.873 bits per heavy atom. The molecule has 0 bridgehead atoms. The van der Waals surface area contributed by atoms with Gasteiger partial charge in [-0.1, -0.05) is 252 Å². The minimum atomic E-state index is -0.803. The molecule has 0 heterocycles. The molecule has 0 aliphatic rings. The number of carbonyl (C=O) groups is 3. The van der Waals surface area contributed by atoms with Gasteiger partial charge in [-0.15, -0.1) is 0 Å². The zero-order valence-corrected chi connectivity index (χ0v) is 46.2. The van der Waals surface area contributed by atoms with E-state index in [1.54, 1.807) is 0 Å². The van der Waals surface area contributed by atoms with Crippen LogP contribution < -0.4 is 0 Å². The highest BCUT2D eigenvalue weighted by molar-refractivity contribution is 5.71. The summed E-state index contributed by atoms with van der Waals surface area (Å²) in [5.74, 6) is -0.950. The Morgan fingerprint density at radius 2 is 0.549 bits per heavy atom. The monoisotopic (exact) mass is 985 g/mol. The molecule has 404 valence electrons. The van der Waals surface area contributed by atoms with E-state index in [-0.39, 0.29) is 31.1 Å². The van der Waals surface area contributed by atoms with Crippen LogP contribution in [0.2, 0.25) is 0 Å². The first-order chi connectivity index (χ1) is 35.0. The number of esters is 3. The van der Waals surface area contributed by atoms with E-state index in [0.29, 0.717) is 19.3 Å². The molecule has 0 aliphatic heterocycles. The fraction of sp³-hybridized carbons (Fsp3) is 0.677. The quantitative estimate of drug-likeness (QED) is 0.0261. The smallest absolute Gasteiger partial charge is 0.306 e. The molecule has 0 N–H and O–H groups in total. The van der Waals surface area contributed by atoms with E-state index in [2.05, 4.69) is 130 Å². The summed E-state index contributed by atoms with van der Waals surface area (Å²) in [6.45, 7) is 6.38. The molecule has 0 aromatic carbocycles. The standard InChI is InChI=1S/C65H108O6/c1-4-7-10-13-16-19-22-25-28-31-32-35-37-40-43-46-49-52-55-58-64(67)70-61-62(71-65(68)59-56-53-50-47-44-41-38-34-30-27-24-21-18-15-12-9-6-3)60-69-63(66)57-54-51-48-45-42-39-36-33-29-26-23-20-17-14-11-8-5-2/h7-8,10-11,16-17,19-20,25-26,28-29,32,35-36,39-40,43,62H,4-6,9,12-15,18,21-24,27,30-31,33-34,37-38,41-42,44-61H2,1-3H3/b10-7-,11-8-,19-16-,20-17-,28-25-,29-26-,35-32-,39-36-,43-40-/t62-/m0/s1. The van der Waals surface area contributed by atoms with Crippen LogP contribution >= 0.6 is 0 Å². The van der Waals surface area contributed by atoms with Crippen LogP contribution in [0.4, 0.5) is 0 Å². The van der Waals surface area contributed by atoms with Gasteiger partial charge in [0, 0.05) is 19.3 Å². The highest BCUT2D eigenvalue weighted by Crippen LogP contribution is 2.16. The van der Waals surface area contributed by atoms with Crippen molar-refractivity contribution in [1.29, 1.82) is 0 Å². The summed E-state index contributed by atoms with van der Waals surface area (Å²) in [6.07, 6.45) is 79.3. The average Bonchev–Trinajstić information content (AvgIpc) is 3.37. The Labute approximate surface area is 438 Å². The third kappa shape index (κ3) is 56.9. The Bertz CT molecular complexity index is 1460. The van der Waals surface area contributed by atoms with Crippen LogP contribution in [-0.2, 0) is 28.6 Å². The maximum atomic E-state index is 12.9. The first-order valence-electron chi connectivity index (χ1n) is 29.4. The van der Waals surface area contributed by atoms with Gasteiger partial charge in [0.25, 0.3) is 0 Å². The molecular weight excluding hydrogens is 877 g/mol. The number of carbonyl (C=O) groups excluding carboxylic acids is 3. The summed E-state index contributed by atoms with van der Waals surface area (Å²) in [5.41, 5.74) is 0. The molecule has 6 heteroatoms. The molecule has 0 aromatic rings. The Hall–Kier alpha value is -3.93. The van der Waals surface area contributed by atoms with Gasteiger partial charge in [-0.3, -0.25) is 14.4 Å². The lowest BCUT2D eigenvalue weighted by Gasteiger charge is -2.18. The first kappa shape index (κ1) is 67.1. The van der Waals surface area contributed by atoms with Crippen molar-refractivity contribution in [2.45, 2.75) is 271 Å². The van der Waals surface area contributed by atoms with Crippen LogP contribution in [0.3, 0.4) is 0 Å². The molecule has 0 fully saturated rings. The summed E-state index contributed by atoms with van der Waals surface area (Å²) in [4.78, 5) is 38.2. The van der Waals surface area contributed by atoms with Gasteiger partial charge in [-0.2, -0.15) is 0 Å². The molecule has 0 aromatic heterocycles. The molecule has 71 heavy (non-hydrogen) atoms. The van der Waals surface area contributed by atoms with E-state index < -0.39 is 6.10 Å². The van der Waals surface area contributed by atoms with E-state index in [0.717, 1.165) is 135 Å². The molecular formula is C65H108O6. The van der Waals surface area contributed by atoms with Crippen LogP contribution in [0.5, 0.6) is 0 Å². The minimum Gasteiger partial charge on any atom is -0.462 e. The lowest BCUT2D eigenvalue weighted by molar-refractivity contribution is -0.167. The van der Waals surface area contributed by atoms with Crippen molar-refractivity contribution in [3.05, 3.63) is 109 Å². The van der Waals surface area contributed by atoms with Gasteiger partial charge in [0.15, 0.2) is 6.10 Å². The highest BCUT2D eigenvalue weighted by Gasteiger charge is 2.19. The molecule has 6 nitrogen and oxygen atoms in total. The van der Waals surface area contributed by atoms with Gasteiger partial charge < -0.3 is 14.2 Å². The molecule has 0 spiro atoms. The van der Waals surface area contributed by atoms with Gasteiger partial charge in [0.1, 0.15) is 13.2 Å². The van der Waals surface area contributed by atoms with E-state index in [4.69, 9.17) is 14.2 Å². The van der Waals surface area contributed by atoms with Gasteiger partial charge in [0.05, 0.1) is 0 Å². The second kappa shape index (κ2) is 58.6. The van der Waals surface area contributed by atoms with Crippen molar-refractivity contribution < 1.29 is 28.6 Å². The van der Waals surface area contributed by atoms with Gasteiger partial charge in [-0.05, 0) is 103 Å². The summed E-state index contributed by atoms with van der Waals surface area (Å²) in [5, 5.41) is 0. The van der Waals surface area contributed by atoms with E-state index in [1.807, 2.05) is 0 Å². The fourth-order valence-electron chi connectivity index (χ4n) is 7.93. The lowest BCUT2D eigenvalue weighted by Crippen LogP contribution is -2.30. The van der Waals surface area contributed by atoms with E-state index >= 15 is 0 Å². The largest absolute Gasteiger partial charge is 0.462 e. The number of allylic oxidation sites excluding steroid dienone is 18. The summed E-state index contributed by atoms with van der Waals surface area (Å²) in [7, 11) is 0. The van der Waals surface area contributed by atoms with Crippen LogP contribution in [-0.4, -0.2) is 37.2 Å². The Kier molecular flexibility index (Phi) is 55.4. The zero-order chi connectivity index (χ0) is 51.4. The average molecular weight is 986 g/mol. The molecule has 0 saturated carbocycles. The summed E-state index contributed by atoms with van der Waals surface area (Å²) in [6, 6.07) is 0. The van der Waals surface area contributed by atoms with E-state index in [1.165, 1.54) is 89.9 Å². The maximum absolute atomic E-state index is 12.9. The number of hydrogen-bond donors (Lipinski definition) is 0. The molecule has 0 radical (unpaired) electrons. The normalized spacial score (nSPS) is 12.9. The van der Waals surface area contributed by atoms with Crippen molar-refractivity contribution in [3.63, 3.8) is 0 Å². The number of rotatable bonds is 52. The Balaban J connectivity index is 4.49. The molecule has 0 rings (SSSR count). The molecule has 1 atom stereocenters. The van der Waals surface area contributed by atoms with Crippen molar-refractivity contribution in [1.82, 2.24) is 0 Å². The molecule has 0 unspecified atom stereocenters. The summed E-state index contributed by atoms with van der Waals surface area (Å²) < 4.78 is 16.8. The summed E-state index contributed by atoms with van der Waals surface area (Å²) >= 11 is 0. The van der Waals surface area contributed by atoms with Gasteiger partial charge in [0.2, 0.25) is 0 Å². The number of ether oxygens (including phenoxy) is 3. The van der Waals surface area contributed by atoms with Gasteiger partial charge in [-0.25, -0.2) is 0 Å². The predicted molar refractivity (Wildman–Crippen MR) is 307 cm³/mol. The number of hydrogen-bond acceptors (Lipinski definition) is 6. The van der Waals surface area contributed by atoms with E-state index in [9.17, 15) is 14.4 Å². The fourth-order valence-corrected chi connectivity index (χ4v) is 7.93.